The molecule has 0 radical (unpaired) electrons. The number of para-hydroxylation sites is 1. The molecule has 2 heterocycles. The highest BCUT2D eigenvalue weighted by Gasteiger charge is 2.24. The molecule has 5 nitrogen and oxygen atoms in total. The fourth-order valence-corrected chi connectivity index (χ4v) is 3.98. The minimum atomic E-state index is 0.174. The van der Waals surface area contributed by atoms with E-state index in [9.17, 15) is 4.79 Å². The summed E-state index contributed by atoms with van der Waals surface area (Å²) >= 11 is 0. The second kappa shape index (κ2) is 9.93. The summed E-state index contributed by atoms with van der Waals surface area (Å²) in [4.78, 5) is 15.0. The SMILES string of the molecule is COc1ccccc1CN(CC1CCCO1)C(=O)CCC1CCNCC1. The van der Waals surface area contributed by atoms with Crippen LogP contribution in [0.4, 0.5) is 0 Å². The Kier molecular flexibility index (Phi) is 7.32. The maximum Gasteiger partial charge on any atom is 0.222 e. The van der Waals surface area contributed by atoms with Crippen LogP contribution >= 0.6 is 0 Å². The van der Waals surface area contributed by atoms with Crippen LogP contribution in [0.1, 0.15) is 44.1 Å². The molecule has 1 amide bonds. The predicted molar refractivity (Wildman–Crippen MR) is 102 cm³/mol. The van der Waals surface area contributed by atoms with Crippen LogP contribution in [0.2, 0.25) is 0 Å². The molecular weight excluding hydrogens is 328 g/mol. The average Bonchev–Trinajstić information content (AvgIpc) is 3.20. The van der Waals surface area contributed by atoms with Crippen LogP contribution in [0.5, 0.6) is 5.75 Å². The van der Waals surface area contributed by atoms with Gasteiger partial charge in [-0.3, -0.25) is 4.79 Å². The fourth-order valence-electron chi connectivity index (χ4n) is 3.98. The van der Waals surface area contributed by atoms with Gasteiger partial charge in [0.15, 0.2) is 0 Å². The maximum atomic E-state index is 13.0. The van der Waals surface area contributed by atoms with E-state index in [1.807, 2.05) is 29.2 Å². The van der Waals surface area contributed by atoms with E-state index in [0.29, 0.717) is 25.4 Å². The van der Waals surface area contributed by atoms with Gasteiger partial charge < -0.3 is 19.7 Å². The summed E-state index contributed by atoms with van der Waals surface area (Å²) < 4.78 is 11.3. The number of hydrogen-bond acceptors (Lipinski definition) is 4. The molecule has 26 heavy (non-hydrogen) atoms. The second-order valence-corrected chi connectivity index (χ2v) is 7.45. The average molecular weight is 360 g/mol. The van der Waals surface area contributed by atoms with Crippen molar-refractivity contribution in [1.29, 1.82) is 0 Å². The van der Waals surface area contributed by atoms with Crippen LogP contribution in [0.3, 0.4) is 0 Å². The zero-order chi connectivity index (χ0) is 18.2. The molecule has 0 spiro atoms. The molecule has 1 aromatic carbocycles. The van der Waals surface area contributed by atoms with Crippen molar-refractivity contribution >= 4 is 5.91 Å². The van der Waals surface area contributed by atoms with E-state index >= 15 is 0 Å². The van der Waals surface area contributed by atoms with Gasteiger partial charge in [0, 0.05) is 31.7 Å². The normalized spacial score (nSPS) is 20.9. The van der Waals surface area contributed by atoms with Gasteiger partial charge in [0.1, 0.15) is 5.75 Å². The summed E-state index contributed by atoms with van der Waals surface area (Å²) in [5.41, 5.74) is 1.06. The Balaban J connectivity index is 1.62. The third-order valence-electron chi connectivity index (χ3n) is 5.58. The van der Waals surface area contributed by atoms with E-state index in [-0.39, 0.29) is 12.0 Å². The van der Waals surface area contributed by atoms with Gasteiger partial charge in [0.2, 0.25) is 5.91 Å². The van der Waals surface area contributed by atoms with Crippen molar-refractivity contribution in [1.82, 2.24) is 10.2 Å². The molecule has 1 N–H and O–H groups in total. The van der Waals surface area contributed by atoms with Crippen LogP contribution in [0.15, 0.2) is 24.3 Å². The molecular formula is C21H32N2O3. The molecule has 0 aliphatic carbocycles. The third kappa shape index (κ3) is 5.45. The molecule has 0 saturated carbocycles. The molecule has 5 heteroatoms. The van der Waals surface area contributed by atoms with E-state index in [0.717, 1.165) is 50.3 Å². The number of nitrogens with one attached hydrogen (secondary N) is 1. The topological polar surface area (TPSA) is 50.8 Å². The number of carbonyl (C=O) groups excluding carboxylic acids is 1. The highest BCUT2D eigenvalue weighted by molar-refractivity contribution is 5.76. The lowest BCUT2D eigenvalue weighted by Crippen LogP contribution is -2.37. The first-order chi connectivity index (χ1) is 12.8. The summed E-state index contributed by atoms with van der Waals surface area (Å²) in [7, 11) is 1.68. The van der Waals surface area contributed by atoms with Gasteiger partial charge in [0.05, 0.1) is 13.2 Å². The van der Waals surface area contributed by atoms with Crippen LogP contribution in [-0.2, 0) is 16.1 Å². The van der Waals surface area contributed by atoms with Crippen molar-refractivity contribution in [2.45, 2.75) is 51.2 Å². The summed E-state index contributed by atoms with van der Waals surface area (Å²) in [5, 5.41) is 3.39. The quantitative estimate of drug-likeness (QED) is 0.774. The lowest BCUT2D eigenvalue weighted by Gasteiger charge is -2.28. The van der Waals surface area contributed by atoms with Gasteiger partial charge >= 0.3 is 0 Å². The van der Waals surface area contributed by atoms with Gasteiger partial charge in [-0.05, 0) is 57.2 Å². The Morgan fingerprint density at radius 1 is 1.27 bits per heavy atom. The third-order valence-corrected chi connectivity index (χ3v) is 5.58. The number of methoxy groups -OCH3 is 1. The van der Waals surface area contributed by atoms with Crippen molar-refractivity contribution in [3.63, 3.8) is 0 Å². The Morgan fingerprint density at radius 3 is 2.81 bits per heavy atom. The standard InChI is InChI=1S/C21H32N2O3/c1-25-20-7-3-2-5-18(20)15-23(16-19-6-4-14-26-19)21(24)9-8-17-10-12-22-13-11-17/h2-3,5,7,17,19,22H,4,6,8-16H2,1H3. The molecule has 2 aliphatic heterocycles. The maximum absolute atomic E-state index is 13.0. The van der Waals surface area contributed by atoms with Crippen LogP contribution in [0.25, 0.3) is 0 Å². The number of carbonyl (C=O) groups is 1. The minimum Gasteiger partial charge on any atom is -0.496 e. The zero-order valence-corrected chi connectivity index (χ0v) is 15.9. The Bertz CT molecular complexity index is 566. The summed E-state index contributed by atoms with van der Waals surface area (Å²) in [5.74, 6) is 1.76. The molecule has 1 unspecified atom stereocenters. The molecule has 2 fully saturated rings. The Hall–Kier alpha value is -1.59. The van der Waals surface area contributed by atoms with E-state index in [1.54, 1.807) is 7.11 Å². The number of benzene rings is 1. The Labute approximate surface area is 157 Å². The Morgan fingerprint density at radius 2 is 2.08 bits per heavy atom. The summed E-state index contributed by atoms with van der Waals surface area (Å²) in [6.45, 7) is 4.26. The predicted octanol–water partition coefficient (Wildman–Crippen LogP) is 2.98. The summed E-state index contributed by atoms with van der Waals surface area (Å²) in [6.07, 6.45) is 6.31. The van der Waals surface area contributed by atoms with E-state index in [2.05, 4.69) is 5.32 Å². The first-order valence-electron chi connectivity index (χ1n) is 9.98. The van der Waals surface area contributed by atoms with Gasteiger partial charge in [-0.1, -0.05) is 18.2 Å². The van der Waals surface area contributed by atoms with Crippen molar-refractivity contribution < 1.29 is 14.3 Å². The van der Waals surface area contributed by atoms with Crippen LogP contribution in [0, 0.1) is 5.92 Å². The number of nitrogens with zero attached hydrogens (tertiary/aromatic N) is 1. The molecule has 3 rings (SSSR count). The molecule has 144 valence electrons. The van der Waals surface area contributed by atoms with Crippen molar-refractivity contribution in [3.05, 3.63) is 29.8 Å². The molecule has 0 aromatic heterocycles. The molecule has 2 aliphatic rings. The van der Waals surface area contributed by atoms with Crippen LogP contribution < -0.4 is 10.1 Å². The van der Waals surface area contributed by atoms with Crippen molar-refractivity contribution in [3.8, 4) is 5.75 Å². The number of rotatable bonds is 8. The molecule has 1 atom stereocenters. The highest BCUT2D eigenvalue weighted by atomic mass is 16.5. The number of hydrogen-bond donors (Lipinski definition) is 1. The van der Waals surface area contributed by atoms with Crippen molar-refractivity contribution in [2.75, 3.05) is 33.4 Å². The van der Waals surface area contributed by atoms with E-state index < -0.39 is 0 Å². The van der Waals surface area contributed by atoms with Gasteiger partial charge in [-0.2, -0.15) is 0 Å². The van der Waals surface area contributed by atoms with Crippen LogP contribution in [-0.4, -0.2) is 50.3 Å². The zero-order valence-electron chi connectivity index (χ0n) is 15.9. The van der Waals surface area contributed by atoms with E-state index in [4.69, 9.17) is 9.47 Å². The fraction of sp³-hybridized carbons (Fsp3) is 0.667. The summed E-state index contributed by atoms with van der Waals surface area (Å²) in [6, 6.07) is 7.97. The molecule has 1 aromatic rings. The highest BCUT2D eigenvalue weighted by Crippen LogP contribution is 2.23. The molecule has 2 saturated heterocycles. The first kappa shape index (κ1) is 19.2. The smallest absolute Gasteiger partial charge is 0.222 e. The largest absolute Gasteiger partial charge is 0.496 e. The molecule has 0 bridgehead atoms. The lowest BCUT2D eigenvalue weighted by molar-refractivity contribution is -0.133. The van der Waals surface area contributed by atoms with Gasteiger partial charge in [-0.15, -0.1) is 0 Å². The second-order valence-electron chi connectivity index (χ2n) is 7.45. The van der Waals surface area contributed by atoms with Gasteiger partial charge in [0.25, 0.3) is 0 Å². The van der Waals surface area contributed by atoms with E-state index in [1.165, 1.54) is 12.8 Å². The minimum absolute atomic E-state index is 0.174. The number of amides is 1. The number of ether oxygens (including phenoxy) is 2. The van der Waals surface area contributed by atoms with Crippen molar-refractivity contribution in [2.24, 2.45) is 5.92 Å². The lowest BCUT2D eigenvalue weighted by atomic mass is 9.93. The van der Waals surface area contributed by atoms with Gasteiger partial charge in [-0.25, -0.2) is 0 Å². The number of piperidine rings is 1. The monoisotopic (exact) mass is 360 g/mol. The first-order valence-corrected chi connectivity index (χ1v) is 9.98.